The first-order valence-electron chi connectivity index (χ1n) is 9.15. The Hall–Kier alpha value is -2.86. The SMILES string of the molecule is CCc1nc(-c2ccccc2OCCOc2cccc(C)c2C)sc1C(=O)O. The number of thiazole rings is 1. The number of hydrogen-bond donors (Lipinski definition) is 1. The van der Waals surface area contributed by atoms with E-state index >= 15 is 0 Å². The lowest BCUT2D eigenvalue weighted by molar-refractivity contribution is 0.0701. The van der Waals surface area contributed by atoms with Gasteiger partial charge in [0.15, 0.2) is 0 Å². The van der Waals surface area contributed by atoms with Crippen LogP contribution < -0.4 is 9.47 Å². The molecule has 3 aromatic rings. The van der Waals surface area contributed by atoms with Crippen LogP contribution in [-0.4, -0.2) is 29.3 Å². The summed E-state index contributed by atoms with van der Waals surface area (Å²) in [5, 5.41) is 10.0. The number of nitrogens with zero attached hydrogens (tertiary/aromatic N) is 1. The summed E-state index contributed by atoms with van der Waals surface area (Å²) in [7, 11) is 0. The monoisotopic (exact) mass is 397 g/mol. The number of rotatable bonds is 8. The summed E-state index contributed by atoms with van der Waals surface area (Å²) in [6.45, 7) is 6.78. The van der Waals surface area contributed by atoms with Crippen molar-refractivity contribution in [3.05, 3.63) is 64.2 Å². The summed E-state index contributed by atoms with van der Waals surface area (Å²) in [5.41, 5.74) is 3.70. The van der Waals surface area contributed by atoms with Gasteiger partial charge in [-0.05, 0) is 49.6 Å². The van der Waals surface area contributed by atoms with Crippen molar-refractivity contribution < 1.29 is 19.4 Å². The molecule has 146 valence electrons. The molecule has 28 heavy (non-hydrogen) atoms. The van der Waals surface area contributed by atoms with Crippen LogP contribution in [0.5, 0.6) is 11.5 Å². The zero-order valence-electron chi connectivity index (χ0n) is 16.2. The number of benzene rings is 2. The molecular weight excluding hydrogens is 374 g/mol. The quantitative estimate of drug-likeness (QED) is 0.533. The van der Waals surface area contributed by atoms with Gasteiger partial charge in [-0.3, -0.25) is 0 Å². The van der Waals surface area contributed by atoms with Crippen molar-refractivity contribution in [3.8, 4) is 22.1 Å². The summed E-state index contributed by atoms with van der Waals surface area (Å²) >= 11 is 1.18. The van der Waals surface area contributed by atoms with Crippen molar-refractivity contribution in [2.75, 3.05) is 13.2 Å². The topological polar surface area (TPSA) is 68.7 Å². The highest BCUT2D eigenvalue weighted by molar-refractivity contribution is 7.17. The van der Waals surface area contributed by atoms with E-state index < -0.39 is 5.97 Å². The Morgan fingerprint density at radius 1 is 1.04 bits per heavy atom. The molecule has 0 radical (unpaired) electrons. The Balaban J connectivity index is 1.71. The third kappa shape index (κ3) is 4.34. The molecule has 0 spiro atoms. The lowest BCUT2D eigenvalue weighted by Gasteiger charge is -2.13. The Morgan fingerprint density at radius 2 is 1.71 bits per heavy atom. The molecule has 0 amide bonds. The van der Waals surface area contributed by atoms with Crippen molar-refractivity contribution in [1.82, 2.24) is 4.98 Å². The zero-order chi connectivity index (χ0) is 20.1. The largest absolute Gasteiger partial charge is 0.490 e. The second-order valence-electron chi connectivity index (χ2n) is 6.34. The zero-order valence-corrected chi connectivity index (χ0v) is 17.0. The molecule has 6 heteroatoms. The predicted octanol–water partition coefficient (Wildman–Crippen LogP) is 5.15. The van der Waals surface area contributed by atoms with E-state index in [0.29, 0.717) is 36.1 Å². The Kier molecular flexibility index (Phi) is 6.31. The number of carboxylic acids is 1. The smallest absolute Gasteiger partial charge is 0.347 e. The van der Waals surface area contributed by atoms with E-state index in [1.807, 2.05) is 50.2 Å². The van der Waals surface area contributed by atoms with Gasteiger partial charge < -0.3 is 14.6 Å². The third-order valence-electron chi connectivity index (χ3n) is 4.50. The molecule has 0 aliphatic rings. The lowest BCUT2D eigenvalue weighted by atomic mass is 10.1. The van der Waals surface area contributed by atoms with Gasteiger partial charge in [0, 0.05) is 0 Å². The summed E-state index contributed by atoms with van der Waals surface area (Å²) in [6, 6.07) is 13.5. The maximum atomic E-state index is 11.4. The maximum Gasteiger partial charge on any atom is 0.347 e. The van der Waals surface area contributed by atoms with Crippen LogP contribution in [0.4, 0.5) is 0 Å². The number of aromatic nitrogens is 1. The molecule has 0 aliphatic heterocycles. The molecule has 1 aromatic heterocycles. The van der Waals surface area contributed by atoms with E-state index in [1.165, 1.54) is 16.9 Å². The van der Waals surface area contributed by atoms with Gasteiger partial charge >= 0.3 is 5.97 Å². The summed E-state index contributed by atoms with van der Waals surface area (Å²) in [4.78, 5) is 16.2. The molecule has 0 saturated heterocycles. The average molecular weight is 397 g/mol. The van der Waals surface area contributed by atoms with Crippen LogP contribution in [-0.2, 0) is 6.42 Å². The Labute approximate surface area is 168 Å². The normalized spacial score (nSPS) is 10.7. The lowest BCUT2D eigenvalue weighted by Crippen LogP contribution is -2.10. The van der Waals surface area contributed by atoms with Gasteiger partial charge in [-0.1, -0.05) is 31.2 Å². The van der Waals surface area contributed by atoms with E-state index in [-0.39, 0.29) is 4.88 Å². The molecule has 3 rings (SSSR count). The standard InChI is InChI=1S/C22H23NO4S/c1-4-17-20(22(24)25)28-21(23-17)16-9-5-6-10-19(16)27-13-12-26-18-11-7-8-14(2)15(18)3/h5-11H,4,12-13H2,1-3H3,(H,24,25). The van der Waals surface area contributed by atoms with Gasteiger partial charge in [0.25, 0.3) is 0 Å². The van der Waals surface area contributed by atoms with Gasteiger partial charge in [0.05, 0.1) is 11.3 Å². The van der Waals surface area contributed by atoms with Gasteiger partial charge in [0.1, 0.15) is 34.6 Å². The highest BCUT2D eigenvalue weighted by Gasteiger charge is 2.18. The molecule has 0 fully saturated rings. The summed E-state index contributed by atoms with van der Waals surface area (Å²) in [6.07, 6.45) is 0.574. The number of carboxylic acid groups (broad SMARTS) is 1. The molecule has 0 aliphatic carbocycles. The minimum absolute atomic E-state index is 0.283. The number of aromatic carboxylic acids is 1. The number of carbonyl (C=O) groups is 1. The second kappa shape index (κ2) is 8.89. The highest BCUT2D eigenvalue weighted by atomic mass is 32.1. The maximum absolute atomic E-state index is 11.4. The van der Waals surface area contributed by atoms with Crippen molar-refractivity contribution >= 4 is 17.3 Å². The minimum Gasteiger partial charge on any atom is -0.490 e. The van der Waals surface area contributed by atoms with Gasteiger partial charge in [-0.2, -0.15) is 0 Å². The molecule has 0 saturated carbocycles. The van der Waals surface area contributed by atoms with Gasteiger partial charge in [-0.15, -0.1) is 11.3 Å². The van der Waals surface area contributed by atoms with E-state index in [9.17, 15) is 9.90 Å². The molecule has 2 aromatic carbocycles. The molecule has 0 bridgehead atoms. The number of hydrogen-bond acceptors (Lipinski definition) is 5. The second-order valence-corrected chi connectivity index (χ2v) is 7.34. The average Bonchev–Trinajstić information content (AvgIpc) is 3.13. The first-order valence-corrected chi connectivity index (χ1v) is 9.97. The van der Waals surface area contributed by atoms with Crippen molar-refractivity contribution in [3.63, 3.8) is 0 Å². The number of ether oxygens (including phenoxy) is 2. The Morgan fingerprint density at radius 3 is 2.39 bits per heavy atom. The van der Waals surface area contributed by atoms with Crippen LogP contribution >= 0.6 is 11.3 Å². The van der Waals surface area contributed by atoms with Crippen LogP contribution in [0.3, 0.4) is 0 Å². The number of para-hydroxylation sites is 1. The Bertz CT molecular complexity index is 980. The van der Waals surface area contributed by atoms with E-state index in [4.69, 9.17) is 9.47 Å². The fourth-order valence-corrected chi connectivity index (χ4v) is 3.85. The molecular formula is C22H23NO4S. The van der Waals surface area contributed by atoms with Crippen LogP contribution in [0.25, 0.3) is 10.6 Å². The minimum atomic E-state index is -0.944. The number of aryl methyl sites for hydroxylation is 2. The molecule has 0 atom stereocenters. The van der Waals surface area contributed by atoms with Crippen LogP contribution in [0, 0.1) is 13.8 Å². The van der Waals surface area contributed by atoms with Crippen LogP contribution in [0.2, 0.25) is 0 Å². The molecule has 1 heterocycles. The van der Waals surface area contributed by atoms with E-state index in [1.54, 1.807) is 0 Å². The highest BCUT2D eigenvalue weighted by Crippen LogP contribution is 2.34. The van der Waals surface area contributed by atoms with Crippen LogP contribution in [0.15, 0.2) is 42.5 Å². The summed E-state index contributed by atoms with van der Waals surface area (Å²) < 4.78 is 11.8. The summed E-state index contributed by atoms with van der Waals surface area (Å²) in [5.74, 6) is 0.580. The van der Waals surface area contributed by atoms with Gasteiger partial charge in [-0.25, -0.2) is 9.78 Å². The fraction of sp³-hybridized carbons (Fsp3) is 0.273. The van der Waals surface area contributed by atoms with Crippen molar-refractivity contribution in [2.24, 2.45) is 0 Å². The van der Waals surface area contributed by atoms with Crippen LogP contribution in [0.1, 0.15) is 33.4 Å². The third-order valence-corrected chi connectivity index (χ3v) is 5.62. The fourth-order valence-electron chi connectivity index (χ4n) is 2.83. The predicted molar refractivity (Wildman–Crippen MR) is 111 cm³/mol. The van der Waals surface area contributed by atoms with Gasteiger partial charge in [0.2, 0.25) is 0 Å². The first kappa shape index (κ1) is 19.9. The van der Waals surface area contributed by atoms with Crippen molar-refractivity contribution in [2.45, 2.75) is 27.2 Å². The molecule has 0 unspecified atom stereocenters. The van der Waals surface area contributed by atoms with E-state index in [0.717, 1.165) is 16.9 Å². The molecule has 1 N–H and O–H groups in total. The van der Waals surface area contributed by atoms with Crippen molar-refractivity contribution in [1.29, 1.82) is 0 Å². The van der Waals surface area contributed by atoms with E-state index in [2.05, 4.69) is 18.0 Å². The first-order chi connectivity index (χ1) is 13.5. The molecule has 5 nitrogen and oxygen atoms in total.